The molecule has 0 aliphatic heterocycles. The molecular weight excluding hydrogens is 204 g/mol. The monoisotopic (exact) mass is 218 g/mol. The number of rotatable bonds is 6. The van der Waals surface area contributed by atoms with Gasteiger partial charge >= 0.3 is 11.9 Å². The van der Waals surface area contributed by atoms with Crippen LogP contribution in [0.3, 0.4) is 0 Å². The summed E-state index contributed by atoms with van der Waals surface area (Å²) in [6.45, 7) is -0.438. The number of ether oxygens (including phenoxy) is 1. The molecule has 0 rings (SSSR count). The highest BCUT2D eigenvalue weighted by molar-refractivity contribution is 5.82. The van der Waals surface area contributed by atoms with E-state index in [0.717, 1.165) is 0 Å². The van der Waals surface area contributed by atoms with Crippen LogP contribution in [0, 0.1) is 0 Å². The van der Waals surface area contributed by atoms with Crippen LogP contribution in [0.15, 0.2) is 0 Å². The standard InChI is InChI=1S/C8H14N2O5/c1-15-8(14)5(9)2-3-6(11)10-4-7(12)13/h5H,2-4,9H2,1H3,(H,10,11)(H,12,13)/t5-/m0/s1. The number of carboxylic acids is 1. The summed E-state index contributed by atoms with van der Waals surface area (Å²) in [6, 6.07) is -0.856. The molecule has 86 valence electrons. The largest absolute Gasteiger partial charge is 0.480 e. The topological polar surface area (TPSA) is 119 Å². The van der Waals surface area contributed by atoms with E-state index in [1.807, 2.05) is 0 Å². The summed E-state index contributed by atoms with van der Waals surface area (Å²) < 4.78 is 4.35. The molecule has 0 aromatic rings. The lowest BCUT2D eigenvalue weighted by Gasteiger charge is -2.08. The number of hydrogen-bond acceptors (Lipinski definition) is 5. The fourth-order valence-electron chi connectivity index (χ4n) is 0.818. The van der Waals surface area contributed by atoms with Crippen LogP contribution < -0.4 is 11.1 Å². The van der Waals surface area contributed by atoms with E-state index in [1.54, 1.807) is 0 Å². The van der Waals surface area contributed by atoms with Gasteiger partial charge in [-0.3, -0.25) is 14.4 Å². The lowest BCUT2D eigenvalue weighted by atomic mass is 10.1. The van der Waals surface area contributed by atoms with Crippen LogP contribution >= 0.6 is 0 Å². The van der Waals surface area contributed by atoms with Gasteiger partial charge in [-0.05, 0) is 6.42 Å². The van der Waals surface area contributed by atoms with Crippen LogP contribution in [-0.2, 0) is 19.1 Å². The molecule has 0 saturated heterocycles. The average molecular weight is 218 g/mol. The molecule has 15 heavy (non-hydrogen) atoms. The van der Waals surface area contributed by atoms with Crippen LogP contribution in [0.1, 0.15) is 12.8 Å². The second-order valence-electron chi connectivity index (χ2n) is 2.84. The number of carbonyl (C=O) groups is 3. The summed E-state index contributed by atoms with van der Waals surface area (Å²) in [6.07, 6.45) is 0.113. The summed E-state index contributed by atoms with van der Waals surface area (Å²) in [7, 11) is 1.20. The third-order valence-corrected chi connectivity index (χ3v) is 1.62. The fraction of sp³-hybridized carbons (Fsp3) is 0.625. The molecule has 4 N–H and O–H groups in total. The maximum absolute atomic E-state index is 11.0. The zero-order valence-corrected chi connectivity index (χ0v) is 8.36. The van der Waals surface area contributed by atoms with E-state index in [9.17, 15) is 14.4 Å². The molecule has 0 radical (unpaired) electrons. The second kappa shape index (κ2) is 6.77. The van der Waals surface area contributed by atoms with Gasteiger partial charge in [0.2, 0.25) is 5.91 Å². The van der Waals surface area contributed by atoms with Gasteiger partial charge in [-0.25, -0.2) is 0 Å². The van der Waals surface area contributed by atoms with Gasteiger partial charge in [0.1, 0.15) is 12.6 Å². The smallest absolute Gasteiger partial charge is 0.322 e. The summed E-state index contributed by atoms with van der Waals surface area (Å²) in [5.74, 6) is -2.18. The van der Waals surface area contributed by atoms with Gasteiger partial charge in [0, 0.05) is 6.42 Å². The average Bonchev–Trinajstić information content (AvgIpc) is 2.21. The van der Waals surface area contributed by atoms with Gasteiger partial charge in [0.05, 0.1) is 7.11 Å². The van der Waals surface area contributed by atoms with Crippen molar-refractivity contribution in [1.29, 1.82) is 0 Å². The van der Waals surface area contributed by atoms with Crippen molar-refractivity contribution in [2.75, 3.05) is 13.7 Å². The number of nitrogens with two attached hydrogens (primary N) is 1. The first-order valence-electron chi connectivity index (χ1n) is 4.29. The van der Waals surface area contributed by atoms with Gasteiger partial charge < -0.3 is 20.9 Å². The van der Waals surface area contributed by atoms with Crippen molar-refractivity contribution in [3.8, 4) is 0 Å². The quantitative estimate of drug-likeness (QED) is 0.465. The first-order chi connectivity index (χ1) is 6.97. The van der Waals surface area contributed by atoms with Gasteiger partial charge in [-0.15, -0.1) is 0 Å². The highest BCUT2D eigenvalue weighted by atomic mass is 16.5. The predicted molar refractivity (Wildman–Crippen MR) is 49.9 cm³/mol. The maximum atomic E-state index is 11.0. The van der Waals surface area contributed by atoms with E-state index in [1.165, 1.54) is 7.11 Å². The Balaban J connectivity index is 3.71. The van der Waals surface area contributed by atoms with E-state index >= 15 is 0 Å². The molecule has 0 fully saturated rings. The van der Waals surface area contributed by atoms with Crippen LogP contribution in [0.5, 0.6) is 0 Å². The van der Waals surface area contributed by atoms with Gasteiger partial charge in [0.25, 0.3) is 0 Å². The lowest BCUT2D eigenvalue weighted by Crippen LogP contribution is -2.35. The molecule has 0 aromatic heterocycles. The molecule has 0 heterocycles. The minimum atomic E-state index is -1.12. The predicted octanol–water partition coefficient (Wildman–Crippen LogP) is -1.53. The Kier molecular flexibility index (Phi) is 6.03. The molecular formula is C8H14N2O5. The van der Waals surface area contributed by atoms with Crippen molar-refractivity contribution in [3.05, 3.63) is 0 Å². The second-order valence-corrected chi connectivity index (χ2v) is 2.84. The number of esters is 1. The minimum absolute atomic E-state index is 0.0104. The fourth-order valence-corrected chi connectivity index (χ4v) is 0.818. The Morgan fingerprint density at radius 2 is 2.07 bits per heavy atom. The number of carboxylic acid groups (broad SMARTS) is 1. The van der Waals surface area contributed by atoms with E-state index in [2.05, 4.69) is 10.1 Å². The molecule has 0 aliphatic carbocycles. The third kappa shape index (κ3) is 6.44. The maximum Gasteiger partial charge on any atom is 0.322 e. The highest BCUT2D eigenvalue weighted by Gasteiger charge is 2.15. The normalized spacial score (nSPS) is 11.6. The van der Waals surface area contributed by atoms with Crippen molar-refractivity contribution in [1.82, 2.24) is 5.32 Å². The molecule has 0 bridgehead atoms. The molecule has 0 unspecified atom stereocenters. The van der Waals surface area contributed by atoms with Crippen molar-refractivity contribution in [2.45, 2.75) is 18.9 Å². The van der Waals surface area contributed by atoms with Gasteiger partial charge in [-0.1, -0.05) is 0 Å². The third-order valence-electron chi connectivity index (χ3n) is 1.62. The van der Waals surface area contributed by atoms with Crippen molar-refractivity contribution in [2.24, 2.45) is 5.73 Å². The van der Waals surface area contributed by atoms with Gasteiger partial charge in [-0.2, -0.15) is 0 Å². The van der Waals surface area contributed by atoms with Crippen molar-refractivity contribution >= 4 is 17.8 Å². The van der Waals surface area contributed by atoms with Crippen LogP contribution in [-0.4, -0.2) is 42.6 Å². The summed E-state index contributed by atoms with van der Waals surface area (Å²) in [5, 5.41) is 10.4. The zero-order valence-electron chi connectivity index (χ0n) is 8.36. The first-order valence-corrected chi connectivity index (χ1v) is 4.29. The number of amides is 1. The Morgan fingerprint density at radius 1 is 1.47 bits per heavy atom. The molecule has 7 nitrogen and oxygen atoms in total. The molecule has 0 saturated carbocycles. The molecule has 0 aliphatic rings. The first kappa shape index (κ1) is 13.4. The summed E-state index contributed by atoms with van der Waals surface area (Å²) >= 11 is 0. The molecule has 0 spiro atoms. The van der Waals surface area contributed by atoms with Crippen LogP contribution in [0.25, 0.3) is 0 Å². The number of hydrogen-bond donors (Lipinski definition) is 3. The van der Waals surface area contributed by atoms with E-state index in [-0.39, 0.29) is 12.8 Å². The van der Waals surface area contributed by atoms with Crippen molar-refractivity contribution in [3.63, 3.8) is 0 Å². The Labute approximate surface area is 86.6 Å². The lowest BCUT2D eigenvalue weighted by molar-refractivity contribution is -0.142. The molecule has 7 heteroatoms. The number of aliphatic carboxylic acids is 1. The van der Waals surface area contributed by atoms with Crippen LogP contribution in [0.2, 0.25) is 0 Å². The molecule has 1 atom stereocenters. The highest BCUT2D eigenvalue weighted by Crippen LogP contribution is 1.96. The number of nitrogens with one attached hydrogen (secondary N) is 1. The Morgan fingerprint density at radius 3 is 2.53 bits per heavy atom. The van der Waals surface area contributed by atoms with E-state index in [4.69, 9.17) is 10.8 Å². The molecule has 0 aromatic carbocycles. The number of methoxy groups -OCH3 is 1. The van der Waals surface area contributed by atoms with Crippen molar-refractivity contribution < 1.29 is 24.2 Å². The minimum Gasteiger partial charge on any atom is -0.480 e. The summed E-state index contributed by atoms with van der Waals surface area (Å²) in [4.78, 5) is 31.9. The zero-order chi connectivity index (χ0) is 11.8. The number of carbonyl (C=O) groups excluding carboxylic acids is 2. The van der Waals surface area contributed by atoms with E-state index in [0.29, 0.717) is 0 Å². The Bertz CT molecular complexity index is 253. The van der Waals surface area contributed by atoms with Crippen LogP contribution in [0.4, 0.5) is 0 Å². The molecule has 1 amide bonds. The van der Waals surface area contributed by atoms with Gasteiger partial charge in [0.15, 0.2) is 0 Å². The van der Waals surface area contributed by atoms with E-state index < -0.39 is 30.4 Å². The Hall–Kier alpha value is -1.63. The summed E-state index contributed by atoms with van der Waals surface area (Å²) in [5.41, 5.74) is 5.36. The SMILES string of the molecule is COC(=O)[C@@H](N)CCC(=O)NCC(=O)O.